The molecule has 0 bridgehead atoms. The molecule has 7 nitrogen and oxygen atoms in total. The van der Waals surface area contributed by atoms with E-state index in [9.17, 15) is 19.2 Å². The minimum absolute atomic E-state index is 0.207. The molecule has 0 aromatic heterocycles. The summed E-state index contributed by atoms with van der Waals surface area (Å²) >= 11 is 3.34. The van der Waals surface area contributed by atoms with Gasteiger partial charge in [0.1, 0.15) is 6.04 Å². The Morgan fingerprint density at radius 2 is 1.90 bits per heavy atom. The molecule has 1 fully saturated rings. The van der Waals surface area contributed by atoms with Crippen molar-refractivity contribution in [2.45, 2.75) is 32.0 Å². The van der Waals surface area contributed by atoms with Crippen LogP contribution >= 0.6 is 15.9 Å². The van der Waals surface area contributed by atoms with Crippen molar-refractivity contribution in [2.75, 3.05) is 0 Å². The van der Waals surface area contributed by atoms with E-state index in [-0.39, 0.29) is 37.2 Å². The zero-order valence-corrected chi connectivity index (χ0v) is 17.0. The zero-order chi connectivity index (χ0) is 20.5. The number of imide groups is 1. The van der Waals surface area contributed by atoms with Crippen molar-refractivity contribution in [3.05, 3.63) is 69.2 Å². The second-order valence-corrected chi connectivity index (χ2v) is 7.95. The van der Waals surface area contributed by atoms with Gasteiger partial charge in [0, 0.05) is 35.1 Å². The number of amides is 4. The van der Waals surface area contributed by atoms with E-state index in [2.05, 4.69) is 26.6 Å². The Balaban J connectivity index is 1.49. The van der Waals surface area contributed by atoms with E-state index in [1.54, 1.807) is 36.4 Å². The second-order valence-electron chi connectivity index (χ2n) is 7.03. The molecule has 1 unspecified atom stereocenters. The number of hydrogen-bond donors (Lipinski definition) is 2. The van der Waals surface area contributed by atoms with Crippen molar-refractivity contribution in [2.24, 2.45) is 0 Å². The molecule has 2 N–H and O–H groups in total. The van der Waals surface area contributed by atoms with Gasteiger partial charge in [-0.25, -0.2) is 0 Å². The molecule has 1 saturated heterocycles. The van der Waals surface area contributed by atoms with Crippen molar-refractivity contribution < 1.29 is 19.2 Å². The number of carbonyl (C=O) groups is 4. The van der Waals surface area contributed by atoms with Gasteiger partial charge in [0.15, 0.2) is 0 Å². The number of benzene rings is 2. The van der Waals surface area contributed by atoms with Crippen LogP contribution in [0.1, 0.15) is 44.7 Å². The van der Waals surface area contributed by atoms with Crippen LogP contribution in [0.15, 0.2) is 46.9 Å². The third-order valence-electron chi connectivity index (χ3n) is 5.22. The lowest BCUT2D eigenvalue weighted by Gasteiger charge is -2.29. The highest BCUT2D eigenvalue weighted by molar-refractivity contribution is 9.10. The fraction of sp³-hybridized carbons (Fsp3) is 0.238. The van der Waals surface area contributed by atoms with Crippen LogP contribution in [0.3, 0.4) is 0 Å². The maximum atomic E-state index is 12.8. The van der Waals surface area contributed by atoms with E-state index in [1.165, 1.54) is 4.90 Å². The van der Waals surface area contributed by atoms with Crippen LogP contribution in [0.5, 0.6) is 0 Å². The van der Waals surface area contributed by atoms with Crippen LogP contribution in [0.4, 0.5) is 0 Å². The highest BCUT2D eigenvalue weighted by atomic mass is 79.9. The van der Waals surface area contributed by atoms with Crippen molar-refractivity contribution in [3.8, 4) is 0 Å². The van der Waals surface area contributed by atoms with Crippen LogP contribution < -0.4 is 10.6 Å². The Morgan fingerprint density at radius 1 is 1.14 bits per heavy atom. The Bertz CT molecular complexity index is 1020. The van der Waals surface area contributed by atoms with Crippen molar-refractivity contribution in [3.63, 3.8) is 0 Å². The standard InChI is InChI=1S/C21H18BrN3O4/c22-14-6-4-12(5-7-14)19(27)23-10-13-2-1-3-15-16(13)11-25(21(15)29)17-8-9-18(26)24-20(17)28/h1-7,17H,8-11H2,(H,23,27)(H,24,26,28). The van der Waals surface area contributed by atoms with Gasteiger partial charge in [0.25, 0.3) is 11.8 Å². The fourth-order valence-electron chi connectivity index (χ4n) is 3.69. The summed E-state index contributed by atoms with van der Waals surface area (Å²) < 4.78 is 0.891. The summed E-state index contributed by atoms with van der Waals surface area (Å²) in [5.74, 6) is -1.18. The van der Waals surface area contributed by atoms with Crippen LogP contribution in [-0.2, 0) is 22.7 Å². The second kappa shape index (κ2) is 7.79. The number of halogens is 1. The van der Waals surface area contributed by atoms with Gasteiger partial charge in [0.05, 0.1) is 0 Å². The number of carbonyl (C=O) groups excluding carboxylic acids is 4. The predicted molar refractivity (Wildman–Crippen MR) is 108 cm³/mol. The average molecular weight is 456 g/mol. The SMILES string of the molecule is O=C1CCC(N2Cc3c(CNC(=O)c4ccc(Br)cc4)cccc3C2=O)C(=O)N1. The molecular formula is C21H18BrN3O4. The van der Waals surface area contributed by atoms with Crippen LogP contribution in [0.25, 0.3) is 0 Å². The molecule has 8 heteroatoms. The molecule has 0 spiro atoms. The van der Waals surface area contributed by atoms with Gasteiger partial charge in [-0.05, 0) is 47.9 Å². The summed E-state index contributed by atoms with van der Waals surface area (Å²) in [6.07, 6.45) is 0.534. The molecule has 2 aliphatic heterocycles. The molecule has 0 saturated carbocycles. The summed E-state index contributed by atoms with van der Waals surface area (Å²) in [5.41, 5.74) is 2.71. The topological polar surface area (TPSA) is 95.6 Å². The summed E-state index contributed by atoms with van der Waals surface area (Å²) in [4.78, 5) is 50.3. The van der Waals surface area contributed by atoms with Gasteiger partial charge < -0.3 is 10.2 Å². The largest absolute Gasteiger partial charge is 0.348 e. The number of nitrogens with zero attached hydrogens (tertiary/aromatic N) is 1. The first-order chi connectivity index (χ1) is 13.9. The summed E-state index contributed by atoms with van der Waals surface area (Å²) in [7, 11) is 0. The maximum absolute atomic E-state index is 12.8. The van der Waals surface area contributed by atoms with Crippen molar-refractivity contribution >= 4 is 39.6 Å². The Kier molecular flexibility index (Phi) is 5.19. The lowest BCUT2D eigenvalue weighted by Crippen LogP contribution is -2.52. The van der Waals surface area contributed by atoms with E-state index in [4.69, 9.17) is 0 Å². The smallest absolute Gasteiger partial charge is 0.255 e. The molecule has 2 heterocycles. The van der Waals surface area contributed by atoms with E-state index in [0.29, 0.717) is 17.5 Å². The normalized spacial score (nSPS) is 18.4. The molecule has 29 heavy (non-hydrogen) atoms. The number of piperidine rings is 1. The van der Waals surface area contributed by atoms with Crippen LogP contribution in [-0.4, -0.2) is 34.6 Å². The summed E-state index contributed by atoms with van der Waals surface area (Å²) in [5, 5.41) is 5.18. The number of nitrogens with one attached hydrogen (secondary N) is 2. The molecule has 148 valence electrons. The molecule has 4 rings (SSSR count). The Labute approximate surface area is 175 Å². The molecular weight excluding hydrogens is 438 g/mol. The molecule has 0 aliphatic carbocycles. The fourth-order valence-corrected chi connectivity index (χ4v) is 3.96. The highest BCUT2D eigenvalue weighted by Gasteiger charge is 2.39. The molecule has 2 aliphatic rings. The molecule has 4 amide bonds. The quantitative estimate of drug-likeness (QED) is 0.690. The maximum Gasteiger partial charge on any atom is 0.255 e. The van der Waals surface area contributed by atoms with Gasteiger partial charge in [-0.1, -0.05) is 28.1 Å². The first kappa shape index (κ1) is 19.3. The van der Waals surface area contributed by atoms with E-state index < -0.39 is 11.9 Å². The first-order valence-electron chi connectivity index (χ1n) is 9.23. The van der Waals surface area contributed by atoms with Gasteiger partial charge in [-0.2, -0.15) is 0 Å². The Morgan fingerprint density at radius 3 is 2.62 bits per heavy atom. The molecule has 2 aromatic rings. The number of fused-ring (bicyclic) bond motifs is 1. The van der Waals surface area contributed by atoms with Gasteiger partial charge in [-0.3, -0.25) is 24.5 Å². The van der Waals surface area contributed by atoms with Crippen LogP contribution in [0.2, 0.25) is 0 Å². The van der Waals surface area contributed by atoms with E-state index in [1.807, 2.05) is 6.07 Å². The van der Waals surface area contributed by atoms with Crippen molar-refractivity contribution in [1.82, 2.24) is 15.5 Å². The third kappa shape index (κ3) is 3.80. The monoisotopic (exact) mass is 455 g/mol. The van der Waals surface area contributed by atoms with Gasteiger partial charge in [0.2, 0.25) is 11.8 Å². The lowest BCUT2D eigenvalue weighted by molar-refractivity contribution is -0.136. The average Bonchev–Trinajstić information content (AvgIpc) is 3.04. The zero-order valence-electron chi connectivity index (χ0n) is 15.4. The molecule has 0 radical (unpaired) electrons. The number of rotatable bonds is 4. The van der Waals surface area contributed by atoms with E-state index in [0.717, 1.165) is 15.6 Å². The minimum Gasteiger partial charge on any atom is -0.348 e. The summed E-state index contributed by atoms with van der Waals surface area (Å²) in [6, 6.07) is 11.7. The highest BCUT2D eigenvalue weighted by Crippen LogP contribution is 2.29. The van der Waals surface area contributed by atoms with Crippen molar-refractivity contribution in [1.29, 1.82) is 0 Å². The van der Waals surface area contributed by atoms with Gasteiger partial charge >= 0.3 is 0 Å². The first-order valence-corrected chi connectivity index (χ1v) is 10.0. The third-order valence-corrected chi connectivity index (χ3v) is 5.75. The summed E-state index contributed by atoms with van der Waals surface area (Å²) in [6.45, 7) is 0.555. The predicted octanol–water partition coefficient (Wildman–Crippen LogP) is 2.14. The Hall–Kier alpha value is -3.00. The molecule has 2 aromatic carbocycles. The van der Waals surface area contributed by atoms with Crippen LogP contribution in [0, 0.1) is 0 Å². The molecule has 1 atom stereocenters. The van der Waals surface area contributed by atoms with Gasteiger partial charge in [-0.15, -0.1) is 0 Å². The number of hydrogen-bond acceptors (Lipinski definition) is 4. The minimum atomic E-state index is -0.655. The van der Waals surface area contributed by atoms with E-state index >= 15 is 0 Å². The lowest BCUT2D eigenvalue weighted by atomic mass is 10.0.